The molecule has 1 fully saturated rings. The predicted octanol–water partition coefficient (Wildman–Crippen LogP) is 2.08. The van der Waals surface area contributed by atoms with Crippen molar-refractivity contribution in [2.45, 2.75) is 24.8 Å². The zero-order valence-corrected chi connectivity index (χ0v) is 10.1. The second-order valence-electron chi connectivity index (χ2n) is 3.68. The van der Waals surface area contributed by atoms with Gasteiger partial charge in [-0.15, -0.1) is 11.6 Å². The molecule has 6 heteroatoms. The summed E-state index contributed by atoms with van der Waals surface area (Å²) >= 11 is 7.19. The minimum absolute atomic E-state index is 0.108. The number of methoxy groups -OCH3 is 1. The standard InChI is InChI=1S/C9H14ClN3OS/c1-14-5-7(4-10)11-9-12-8(13-15-9)6-2-3-6/h6-7H,2-5H2,1H3,(H,11,12,13). The molecule has 1 aromatic heterocycles. The summed E-state index contributed by atoms with van der Waals surface area (Å²) in [7, 11) is 1.66. The van der Waals surface area contributed by atoms with Crippen LogP contribution in [-0.4, -0.2) is 35.0 Å². The lowest BCUT2D eigenvalue weighted by Gasteiger charge is -2.12. The average Bonchev–Trinajstić information content (AvgIpc) is 2.99. The molecule has 1 aliphatic rings. The number of anilines is 1. The number of halogens is 1. The quantitative estimate of drug-likeness (QED) is 0.782. The van der Waals surface area contributed by atoms with Crippen molar-refractivity contribution in [2.75, 3.05) is 24.9 Å². The van der Waals surface area contributed by atoms with E-state index in [2.05, 4.69) is 14.7 Å². The topological polar surface area (TPSA) is 47.0 Å². The molecule has 1 N–H and O–H groups in total. The summed E-state index contributed by atoms with van der Waals surface area (Å²) in [4.78, 5) is 4.42. The Balaban J connectivity index is 1.90. The van der Waals surface area contributed by atoms with Crippen molar-refractivity contribution in [3.63, 3.8) is 0 Å². The number of nitrogens with one attached hydrogen (secondary N) is 1. The van der Waals surface area contributed by atoms with E-state index in [0.717, 1.165) is 11.0 Å². The summed E-state index contributed by atoms with van der Waals surface area (Å²) in [5.41, 5.74) is 0. The predicted molar refractivity (Wildman–Crippen MR) is 61.9 cm³/mol. The Kier molecular flexibility index (Phi) is 3.77. The summed E-state index contributed by atoms with van der Waals surface area (Å²) in [6, 6.07) is 0.108. The van der Waals surface area contributed by atoms with E-state index in [1.165, 1.54) is 24.4 Å². The van der Waals surface area contributed by atoms with Crippen molar-refractivity contribution in [1.29, 1.82) is 0 Å². The van der Waals surface area contributed by atoms with Crippen molar-refractivity contribution in [3.8, 4) is 0 Å². The van der Waals surface area contributed by atoms with Gasteiger partial charge < -0.3 is 10.1 Å². The highest BCUT2D eigenvalue weighted by Gasteiger charge is 2.28. The lowest BCUT2D eigenvalue weighted by atomic mass is 10.4. The zero-order chi connectivity index (χ0) is 10.7. The van der Waals surface area contributed by atoms with Gasteiger partial charge in [0.1, 0.15) is 5.82 Å². The van der Waals surface area contributed by atoms with Gasteiger partial charge in [0.05, 0.1) is 12.6 Å². The van der Waals surface area contributed by atoms with Crippen LogP contribution in [0.3, 0.4) is 0 Å². The van der Waals surface area contributed by atoms with Crippen LogP contribution in [0.5, 0.6) is 0 Å². The first kappa shape index (κ1) is 11.1. The summed E-state index contributed by atoms with van der Waals surface area (Å²) in [6.45, 7) is 0.585. The van der Waals surface area contributed by atoms with Crippen LogP contribution in [0.4, 0.5) is 5.13 Å². The molecule has 1 aliphatic carbocycles. The molecular weight excluding hydrogens is 234 g/mol. The Labute approximate surface area is 98.2 Å². The Morgan fingerprint density at radius 1 is 1.67 bits per heavy atom. The third-order valence-corrected chi connectivity index (χ3v) is 3.30. The fraction of sp³-hybridized carbons (Fsp3) is 0.778. The normalized spacial score (nSPS) is 17.7. The second-order valence-corrected chi connectivity index (χ2v) is 4.74. The molecule has 1 aromatic rings. The number of ether oxygens (including phenoxy) is 1. The Morgan fingerprint density at radius 2 is 2.47 bits per heavy atom. The van der Waals surface area contributed by atoms with E-state index in [4.69, 9.17) is 16.3 Å². The highest BCUT2D eigenvalue weighted by atomic mass is 35.5. The third-order valence-electron chi connectivity index (χ3n) is 2.27. The first-order valence-corrected chi connectivity index (χ1v) is 6.29. The van der Waals surface area contributed by atoms with E-state index in [1.54, 1.807) is 7.11 Å². The average molecular weight is 248 g/mol. The van der Waals surface area contributed by atoms with Gasteiger partial charge in [0.25, 0.3) is 0 Å². The number of hydrogen-bond donors (Lipinski definition) is 1. The minimum atomic E-state index is 0.108. The molecule has 0 saturated heterocycles. The maximum atomic E-state index is 5.79. The molecule has 1 heterocycles. The largest absolute Gasteiger partial charge is 0.383 e. The van der Waals surface area contributed by atoms with Crippen LogP contribution in [0.2, 0.25) is 0 Å². The highest BCUT2D eigenvalue weighted by molar-refractivity contribution is 7.09. The van der Waals surface area contributed by atoms with E-state index < -0.39 is 0 Å². The number of alkyl halides is 1. The van der Waals surface area contributed by atoms with Crippen LogP contribution < -0.4 is 5.32 Å². The SMILES string of the molecule is COCC(CCl)Nc1nc(C2CC2)ns1. The zero-order valence-electron chi connectivity index (χ0n) is 8.57. The maximum absolute atomic E-state index is 5.79. The maximum Gasteiger partial charge on any atom is 0.202 e. The van der Waals surface area contributed by atoms with Gasteiger partial charge in [0.15, 0.2) is 0 Å². The van der Waals surface area contributed by atoms with Gasteiger partial charge in [-0.25, -0.2) is 4.98 Å². The van der Waals surface area contributed by atoms with Crippen LogP contribution in [0.15, 0.2) is 0 Å². The van der Waals surface area contributed by atoms with Crippen LogP contribution in [-0.2, 0) is 4.74 Å². The summed E-state index contributed by atoms with van der Waals surface area (Å²) < 4.78 is 9.35. The molecule has 1 unspecified atom stereocenters. The molecule has 0 radical (unpaired) electrons. The van der Waals surface area contributed by atoms with E-state index in [0.29, 0.717) is 18.4 Å². The number of hydrogen-bond acceptors (Lipinski definition) is 5. The molecular formula is C9H14ClN3OS. The van der Waals surface area contributed by atoms with Gasteiger partial charge in [-0.2, -0.15) is 4.37 Å². The monoisotopic (exact) mass is 247 g/mol. The van der Waals surface area contributed by atoms with E-state index in [1.807, 2.05) is 0 Å². The van der Waals surface area contributed by atoms with Crippen molar-refractivity contribution >= 4 is 28.3 Å². The molecule has 1 atom stereocenters. The Morgan fingerprint density at radius 3 is 3.07 bits per heavy atom. The molecule has 15 heavy (non-hydrogen) atoms. The molecule has 1 saturated carbocycles. The molecule has 4 nitrogen and oxygen atoms in total. The van der Waals surface area contributed by atoms with Gasteiger partial charge in [-0.1, -0.05) is 0 Å². The number of nitrogens with zero attached hydrogens (tertiary/aromatic N) is 2. The van der Waals surface area contributed by atoms with E-state index in [-0.39, 0.29) is 6.04 Å². The van der Waals surface area contributed by atoms with Crippen LogP contribution in [0.1, 0.15) is 24.6 Å². The van der Waals surface area contributed by atoms with Crippen LogP contribution in [0, 0.1) is 0 Å². The Bertz CT molecular complexity index is 316. The van der Waals surface area contributed by atoms with Gasteiger partial charge in [0, 0.05) is 30.4 Å². The van der Waals surface area contributed by atoms with Crippen molar-refractivity contribution in [3.05, 3.63) is 5.82 Å². The van der Waals surface area contributed by atoms with Crippen molar-refractivity contribution < 1.29 is 4.74 Å². The lowest BCUT2D eigenvalue weighted by Crippen LogP contribution is -2.26. The molecule has 0 spiro atoms. The number of aromatic nitrogens is 2. The number of rotatable bonds is 6. The van der Waals surface area contributed by atoms with Crippen LogP contribution >= 0.6 is 23.1 Å². The lowest BCUT2D eigenvalue weighted by molar-refractivity contribution is 0.191. The fourth-order valence-corrected chi connectivity index (χ4v) is 2.19. The molecule has 2 rings (SSSR count). The summed E-state index contributed by atoms with van der Waals surface area (Å²) in [5, 5.41) is 4.07. The summed E-state index contributed by atoms with van der Waals surface area (Å²) in [5.74, 6) is 2.09. The van der Waals surface area contributed by atoms with Crippen LogP contribution in [0.25, 0.3) is 0 Å². The first-order valence-electron chi connectivity index (χ1n) is 4.98. The van der Waals surface area contributed by atoms with Crippen molar-refractivity contribution in [2.24, 2.45) is 0 Å². The van der Waals surface area contributed by atoms with Crippen molar-refractivity contribution in [1.82, 2.24) is 9.36 Å². The fourth-order valence-electron chi connectivity index (χ4n) is 1.30. The van der Waals surface area contributed by atoms with E-state index >= 15 is 0 Å². The van der Waals surface area contributed by atoms with Gasteiger partial charge in [-0.3, -0.25) is 0 Å². The molecule has 0 bridgehead atoms. The Hall–Kier alpha value is -0.390. The highest BCUT2D eigenvalue weighted by Crippen LogP contribution is 2.39. The molecule has 84 valence electrons. The second kappa shape index (κ2) is 5.09. The van der Waals surface area contributed by atoms with Gasteiger partial charge in [0.2, 0.25) is 5.13 Å². The third kappa shape index (κ3) is 3.03. The van der Waals surface area contributed by atoms with Gasteiger partial charge >= 0.3 is 0 Å². The smallest absolute Gasteiger partial charge is 0.202 e. The minimum Gasteiger partial charge on any atom is -0.383 e. The molecule has 0 aliphatic heterocycles. The van der Waals surface area contributed by atoms with Gasteiger partial charge in [-0.05, 0) is 12.8 Å². The first-order chi connectivity index (χ1) is 7.33. The van der Waals surface area contributed by atoms with E-state index in [9.17, 15) is 0 Å². The molecule has 0 aromatic carbocycles. The summed E-state index contributed by atoms with van der Waals surface area (Å²) in [6.07, 6.45) is 2.46. The molecule has 0 amide bonds.